The van der Waals surface area contributed by atoms with Crippen LogP contribution in [-0.4, -0.2) is 12.5 Å². The molecular formula is C23H23NO2. The van der Waals surface area contributed by atoms with Crippen LogP contribution in [-0.2, 0) is 6.61 Å². The average Bonchev–Trinajstić information content (AvgIpc) is 2.72. The van der Waals surface area contributed by atoms with Crippen LogP contribution in [0.3, 0.4) is 0 Å². The van der Waals surface area contributed by atoms with E-state index in [1.807, 2.05) is 60.7 Å². The van der Waals surface area contributed by atoms with E-state index in [-0.39, 0.29) is 11.8 Å². The summed E-state index contributed by atoms with van der Waals surface area (Å²) in [5.74, 6) is 0.869. The second-order valence-corrected chi connectivity index (χ2v) is 6.32. The molecular weight excluding hydrogens is 322 g/mol. The van der Waals surface area contributed by atoms with E-state index in [0.717, 1.165) is 5.56 Å². The minimum Gasteiger partial charge on any atom is -0.489 e. The molecule has 0 heterocycles. The second kappa shape index (κ2) is 8.86. The summed E-state index contributed by atoms with van der Waals surface area (Å²) in [7, 11) is 0. The van der Waals surface area contributed by atoms with Crippen molar-refractivity contribution in [3.63, 3.8) is 0 Å². The number of carbonyl (C=O) groups excluding carboxylic acids is 1. The van der Waals surface area contributed by atoms with E-state index in [2.05, 4.69) is 24.4 Å². The first-order valence-corrected chi connectivity index (χ1v) is 8.82. The summed E-state index contributed by atoms with van der Waals surface area (Å²) in [6.45, 7) is 3.18. The van der Waals surface area contributed by atoms with Crippen LogP contribution in [0.15, 0.2) is 84.9 Å². The molecule has 0 aliphatic rings. The number of hydrogen-bond acceptors (Lipinski definition) is 2. The van der Waals surface area contributed by atoms with Gasteiger partial charge in [-0.1, -0.05) is 73.7 Å². The van der Waals surface area contributed by atoms with Gasteiger partial charge in [-0.15, -0.1) is 0 Å². The molecule has 0 aliphatic carbocycles. The number of carbonyl (C=O) groups is 1. The molecule has 26 heavy (non-hydrogen) atoms. The lowest BCUT2D eigenvalue weighted by molar-refractivity contribution is 0.0951. The molecule has 0 spiro atoms. The first-order valence-electron chi connectivity index (χ1n) is 8.82. The number of rotatable bonds is 7. The highest BCUT2D eigenvalue weighted by Gasteiger charge is 2.10. The van der Waals surface area contributed by atoms with Crippen molar-refractivity contribution in [1.29, 1.82) is 0 Å². The summed E-state index contributed by atoms with van der Waals surface area (Å²) in [4.78, 5) is 12.4. The van der Waals surface area contributed by atoms with Crippen LogP contribution in [0.1, 0.15) is 34.3 Å². The molecule has 0 unspecified atom stereocenters. The Bertz CT molecular complexity index is 831. The molecule has 3 aromatic carbocycles. The third-order valence-electron chi connectivity index (χ3n) is 4.28. The van der Waals surface area contributed by atoms with E-state index in [4.69, 9.17) is 4.74 Å². The molecule has 0 fully saturated rings. The number of amides is 1. The fourth-order valence-electron chi connectivity index (χ4n) is 2.72. The zero-order chi connectivity index (χ0) is 18.2. The number of nitrogens with one attached hydrogen (secondary N) is 1. The minimum atomic E-state index is -0.0852. The molecule has 0 aliphatic heterocycles. The van der Waals surface area contributed by atoms with Crippen LogP contribution in [0.2, 0.25) is 0 Å². The lowest BCUT2D eigenvalue weighted by Crippen LogP contribution is -2.27. The SMILES string of the molecule is C[C@H](CNC(=O)c1cccc(OCc2ccccc2)c1)c1ccccc1. The first-order chi connectivity index (χ1) is 12.7. The number of ether oxygens (including phenoxy) is 1. The van der Waals surface area contributed by atoms with Gasteiger partial charge < -0.3 is 10.1 Å². The van der Waals surface area contributed by atoms with E-state index >= 15 is 0 Å². The van der Waals surface area contributed by atoms with Crippen molar-refractivity contribution in [3.05, 3.63) is 102 Å². The Labute approximate surface area is 154 Å². The maximum Gasteiger partial charge on any atom is 0.251 e. The van der Waals surface area contributed by atoms with Gasteiger partial charge in [0.2, 0.25) is 0 Å². The monoisotopic (exact) mass is 345 g/mol. The van der Waals surface area contributed by atoms with Gasteiger partial charge in [-0.05, 0) is 35.2 Å². The van der Waals surface area contributed by atoms with Crippen molar-refractivity contribution in [2.75, 3.05) is 6.54 Å². The second-order valence-electron chi connectivity index (χ2n) is 6.32. The third-order valence-corrected chi connectivity index (χ3v) is 4.28. The Hall–Kier alpha value is -3.07. The van der Waals surface area contributed by atoms with Gasteiger partial charge >= 0.3 is 0 Å². The molecule has 0 saturated carbocycles. The molecule has 132 valence electrons. The summed E-state index contributed by atoms with van der Waals surface area (Å²) in [5.41, 5.74) is 2.92. The lowest BCUT2D eigenvalue weighted by Gasteiger charge is -2.13. The van der Waals surface area contributed by atoms with E-state index in [1.165, 1.54) is 5.56 Å². The van der Waals surface area contributed by atoms with Crippen molar-refractivity contribution in [2.24, 2.45) is 0 Å². The van der Waals surface area contributed by atoms with E-state index in [9.17, 15) is 4.79 Å². The van der Waals surface area contributed by atoms with Crippen LogP contribution < -0.4 is 10.1 Å². The standard InChI is InChI=1S/C23H23NO2/c1-18(20-11-6-3-7-12-20)16-24-23(25)21-13-8-14-22(15-21)26-17-19-9-4-2-5-10-19/h2-15,18H,16-17H2,1H3,(H,24,25)/t18-/m1/s1. The van der Waals surface area contributed by atoms with Crippen LogP contribution in [0, 0.1) is 0 Å². The van der Waals surface area contributed by atoms with Gasteiger partial charge in [-0.2, -0.15) is 0 Å². The topological polar surface area (TPSA) is 38.3 Å². The molecule has 3 aromatic rings. The van der Waals surface area contributed by atoms with Gasteiger partial charge in [0.05, 0.1) is 0 Å². The fraction of sp³-hybridized carbons (Fsp3) is 0.174. The van der Waals surface area contributed by atoms with Crippen LogP contribution in [0.4, 0.5) is 0 Å². The Balaban J connectivity index is 1.56. The van der Waals surface area contributed by atoms with Gasteiger partial charge in [0.1, 0.15) is 12.4 Å². The van der Waals surface area contributed by atoms with Gasteiger partial charge in [-0.3, -0.25) is 4.79 Å². The number of benzene rings is 3. The smallest absolute Gasteiger partial charge is 0.251 e. The first kappa shape index (κ1) is 17.7. The van der Waals surface area contributed by atoms with Gasteiger partial charge in [-0.25, -0.2) is 0 Å². The molecule has 1 N–H and O–H groups in total. The molecule has 3 nitrogen and oxygen atoms in total. The molecule has 1 atom stereocenters. The van der Waals surface area contributed by atoms with E-state index in [1.54, 1.807) is 12.1 Å². The molecule has 0 bridgehead atoms. The fourth-order valence-corrected chi connectivity index (χ4v) is 2.72. The number of hydrogen-bond donors (Lipinski definition) is 1. The molecule has 0 aromatic heterocycles. The Kier molecular flexibility index (Phi) is 6.05. The van der Waals surface area contributed by atoms with Gasteiger partial charge in [0.25, 0.3) is 5.91 Å². The van der Waals surface area contributed by atoms with Crippen molar-refractivity contribution in [1.82, 2.24) is 5.32 Å². The summed E-state index contributed by atoms with van der Waals surface area (Å²) < 4.78 is 5.80. The van der Waals surface area contributed by atoms with Gasteiger partial charge in [0.15, 0.2) is 0 Å². The normalized spacial score (nSPS) is 11.6. The zero-order valence-electron chi connectivity index (χ0n) is 14.9. The summed E-state index contributed by atoms with van der Waals surface area (Å²) in [6.07, 6.45) is 0. The quantitative estimate of drug-likeness (QED) is 0.668. The highest BCUT2D eigenvalue weighted by atomic mass is 16.5. The Morgan fingerprint density at radius 1 is 0.923 bits per heavy atom. The zero-order valence-corrected chi connectivity index (χ0v) is 14.9. The summed E-state index contributed by atoms with van der Waals surface area (Å²) in [6, 6.07) is 27.5. The molecule has 3 heteroatoms. The predicted molar refractivity (Wildman–Crippen MR) is 104 cm³/mol. The van der Waals surface area contributed by atoms with Crippen LogP contribution >= 0.6 is 0 Å². The predicted octanol–water partition coefficient (Wildman–Crippen LogP) is 4.80. The summed E-state index contributed by atoms with van der Waals surface area (Å²) in [5, 5.41) is 3.00. The molecule has 1 amide bonds. The largest absolute Gasteiger partial charge is 0.489 e. The van der Waals surface area contributed by atoms with E-state index in [0.29, 0.717) is 24.5 Å². The van der Waals surface area contributed by atoms with E-state index < -0.39 is 0 Å². The van der Waals surface area contributed by atoms with Crippen molar-refractivity contribution >= 4 is 5.91 Å². The van der Waals surface area contributed by atoms with Crippen LogP contribution in [0.25, 0.3) is 0 Å². The highest BCUT2D eigenvalue weighted by Crippen LogP contribution is 2.16. The summed E-state index contributed by atoms with van der Waals surface area (Å²) >= 11 is 0. The Morgan fingerprint density at radius 2 is 1.62 bits per heavy atom. The minimum absolute atomic E-state index is 0.0852. The maximum atomic E-state index is 12.4. The van der Waals surface area contributed by atoms with Gasteiger partial charge in [0, 0.05) is 12.1 Å². The van der Waals surface area contributed by atoms with Crippen LogP contribution in [0.5, 0.6) is 5.75 Å². The highest BCUT2D eigenvalue weighted by molar-refractivity contribution is 5.94. The molecule has 0 radical (unpaired) electrons. The lowest BCUT2D eigenvalue weighted by atomic mass is 10.0. The van der Waals surface area contributed by atoms with Crippen molar-refractivity contribution < 1.29 is 9.53 Å². The average molecular weight is 345 g/mol. The maximum absolute atomic E-state index is 12.4. The molecule has 0 saturated heterocycles. The van der Waals surface area contributed by atoms with Crippen molar-refractivity contribution in [3.8, 4) is 5.75 Å². The third kappa shape index (κ3) is 4.96. The Morgan fingerprint density at radius 3 is 2.35 bits per heavy atom. The molecule has 3 rings (SSSR count). The van der Waals surface area contributed by atoms with Crippen molar-refractivity contribution in [2.45, 2.75) is 19.4 Å².